The highest BCUT2D eigenvalue weighted by Crippen LogP contribution is 2.24. The van der Waals surface area contributed by atoms with E-state index < -0.39 is 27.8 Å². The summed E-state index contributed by atoms with van der Waals surface area (Å²) >= 11 is 0. The van der Waals surface area contributed by atoms with Crippen LogP contribution >= 0.6 is 0 Å². The lowest BCUT2D eigenvalue weighted by atomic mass is 10.2. The Morgan fingerprint density at radius 1 is 1.44 bits per heavy atom. The van der Waals surface area contributed by atoms with E-state index >= 15 is 0 Å². The third kappa shape index (κ3) is 2.44. The number of hydrogen-bond donors (Lipinski definition) is 1. The summed E-state index contributed by atoms with van der Waals surface area (Å²) < 4.78 is 41.4. The Bertz CT molecular complexity index is 609. The number of halogens is 1. The molecule has 1 aliphatic rings. The molecule has 0 aromatic heterocycles. The molecule has 7 heteroatoms. The highest BCUT2D eigenvalue weighted by atomic mass is 32.2. The molecule has 2 unspecified atom stereocenters. The fraction of sp³-hybridized carbons (Fsp3) is 0.364. The molecule has 1 saturated heterocycles. The van der Waals surface area contributed by atoms with E-state index in [2.05, 4.69) is 0 Å². The van der Waals surface area contributed by atoms with Gasteiger partial charge in [0, 0.05) is 0 Å². The monoisotopic (exact) mass is 270 g/mol. The third-order valence-electron chi connectivity index (χ3n) is 2.71. The summed E-state index contributed by atoms with van der Waals surface area (Å²) in [5.41, 5.74) is 5.41. The zero-order valence-corrected chi connectivity index (χ0v) is 10.2. The van der Waals surface area contributed by atoms with Gasteiger partial charge in [-0.05, 0) is 12.1 Å². The standard InChI is InChI=1S/C11H11FN2O3S/c12-8-2-1-3-10(7(8)4-13)17-11-6-18(15,16)5-9(11)14/h1-3,9,11H,5-6,14H2. The first kappa shape index (κ1) is 12.8. The van der Waals surface area contributed by atoms with Gasteiger partial charge in [0.25, 0.3) is 0 Å². The van der Waals surface area contributed by atoms with Crippen LogP contribution in [0.25, 0.3) is 0 Å². The molecule has 1 heterocycles. The number of benzene rings is 1. The van der Waals surface area contributed by atoms with Crippen molar-refractivity contribution in [1.82, 2.24) is 0 Å². The molecular formula is C11H11FN2O3S. The van der Waals surface area contributed by atoms with Gasteiger partial charge in [-0.15, -0.1) is 0 Å². The zero-order chi connectivity index (χ0) is 13.3. The first-order valence-electron chi connectivity index (χ1n) is 5.24. The molecule has 1 aliphatic heterocycles. The van der Waals surface area contributed by atoms with Gasteiger partial charge >= 0.3 is 0 Å². The van der Waals surface area contributed by atoms with Crippen molar-refractivity contribution in [2.75, 3.05) is 11.5 Å². The normalized spacial score (nSPS) is 25.6. The molecule has 1 aromatic rings. The average Bonchev–Trinajstić information content (AvgIpc) is 2.52. The van der Waals surface area contributed by atoms with Gasteiger partial charge in [0.05, 0.1) is 17.5 Å². The summed E-state index contributed by atoms with van der Waals surface area (Å²) in [6.07, 6.45) is -0.746. The van der Waals surface area contributed by atoms with Crippen LogP contribution in [0, 0.1) is 17.1 Å². The summed E-state index contributed by atoms with van der Waals surface area (Å²) in [7, 11) is -3.22. The van der Waals surface area contributed by atoms with Gasteiger partial charge < -0.3 is 10.5 Å². The molecule has 2 rings (SSSR count). The van der Waals surface area contributed by atoms with Crippen molar-refractivity contribution in [2.24, 2.45) is 5.73 Å². The van der Waals surface area contributed by atoms with Crippen molar-refractivity contribution in [3.63, 3.8) is 0 Å². The van der Waals surface area contributed by atoms with E-state index in [0.717, 1.165) is 6.07 Å². The Morgan fingerprint density at radius 3 is 2.72 bits per heavy atom. The maximum Gasteiger partial charge on any atom is 0.155 e. The van der Waals surface area contributed by atoms with E-state index in [1.54, 1.807) is 6.07 Å². The number of nitrogens with zero attached hydrogens (tertiary/aromatic N) is 1. The molecule has 1 fully saturated rings. The van der Waals surface area contributed by atoms with Crippen LogP contribution in [0.5, 0.6) is 5.75 Å². The minimum atomic E-state index is -3.22. The van der Waals surface area contributed by atoms with Crippen LogP contribution in [0.3, 0.4) is 0 Å². The van der Waals surface area contributed by atoms with Crippen LogP contribution in [-0.4, -0.2) is 32.1 Å². The minimum absolute atomic E-state index is 0.0232. The van der Waals surface area contributed by atoms with Gasteiger partial charge in [0.15, 0.2) is 9.84 Å². The van der Waals surface area contributed by atoms with Crippen molar-refractivity contribution in [3.8, 4) is 11.8 Å². The molecule has 18 heavy (non-hydrogen) atoms. The van der Waals surface area contributed by atoms with E-state index in [-0.39, 0.29) is 22.8 Å². The Morgan fingerprint density at radius 2 is 2.17 bits per heavy atom. The Hall–Kier alpha value is -1.65. The maximum atomic E-state index is 13.3. The van der Waals surface area contributed by atoms with Crippen LogP contribution in [-0.2, 0) is 9.84 Å². The van der Waals surface area contributed by atoms with Crippen molar-refractivity contribution in [2.45, 2.75) is 12.1 Å². The van der Waals surface area contributed by atoms with Gasteiger partial charge in [-0.2, -0.15) is 5.26 Å². The third-order valence-corrected chi connectivity index (χ3v) is 4.44. The van der Waals surface area contributed by atoms with Crippen molar-refractivity contribution >= 4 is 9.84 Å². The van der Waals surface area contributed by atoms with E-state index in [0.29, 0.717) is 0 Å². The van der Waals surface area contributed by atoms with Gasteiger partial charge in [0.1, 0.15) is 29.3 Å². The number of rotatable bonds is 2. The van der Waals surface area contributed by atoms with Crippen LogP contribution in [0.4, 0.5) is 4.39 Å². The molecule has 0 spiro atoms. The maximum absolute atomic E-state index is 13.3. The van der Waals surface area contributed by atoms with Crippen LogP contribution < -0.4 is 10.5 Å². The van der Waals surface area contributed by atoms with Crippen molar-refractivity contribution in [3.05, 3.63) is 29.6 Å². The van der Waals surface area contributed by atoms with Crippen LogP contribution in [0.15, 0.2) is 18.2 Å². The second-order valence-electron chi connectivity index (χ2n) is 4.12. The highest BCUT2D eigenvalue weighted by molar-refractivity contribution is 7.91. The molecule has 5 nitrogen and oxygen atoms in total. The molecule has 0 bridgehead atoms. The quantitative estimate of drug-likeness (QED) is 0.828. The lowest BCUT2D eigenvalue weighted by molar-refractivity contribution is 0.208. The topological polar surface area (TPSA) is 93.2 Å². The lowest BCUT2D eigenvalue weighted by Crippen LogP contribution is -2.37. The lowest BCUT2D eigenvalue weighted by Gasteiger charge is -2.17. The predicted molar refractivity (Wildman–Crippen MR) is 62.2 cm³/mol. The smallest absolute Gasteiger partial charge is 0.155 e. The van der Waals surface area contributed by atoms with Crippen molar-refractivity contribution < 1.29 is 17.5 Å². The molecule has 0 saturated carbocycles. The van der Waals surface area contributed by atoms with Gasteiger partial charge in [0.2, 0.25) is 0 Å². The summed E-state index contributed by atoms with van der Waals surface area (Å²) in [4.78, 5) is 0. The second-order valence-corrected chi connectivity index (χ2v) is 6.28. The summed E-state index contributed by atoms with van der Waals surface area (Å²) in [5.74, 6) is -1.05. The fourth-order valence-corrected chi connectivity index (χ4v) is 3.59. The van der Waals surface area contributed by atoms with E-state index in [9.17, 15) is 12.8 Å². The number of nitriles is 1. The van der Waals surface area contributed by atoms with Gasteiger partial charge in [-0.3, -0.25) is 0 Å². The highest BCUT2D eigenvalue weighted by Gasteiger charge is 2.37. The number of hydrogen-bond acceptors (Lipinski definition) is 5. The Labute approximate surface area is 104 Å². The molecule has 0 radical (unpaired) electrons. The number of nitrogens with two attached hydrogens (primary N) is 1. The van der Waals surface area contributed by atoms with E-state index in [1.165, 1.54) is 12.1 Å². The molecule has 0 aliphatic carbocycles. The molecule has 1 aromatic carbocycles. The predicted octanol–water partition coefficient (Wildman–Crippen LogP) is 0.200. The molecule has 96 valence electrons. The molecule has 2 N–H and O–H groups in total. The van der Waals surface area contributed by atoms with Crippen LogP contribution in [0.1, 0.15) is 5.56 Å². The fourth-order valence-electron chi connectivity index (χ4n) is 1.84. The molecule has 0 amide bonds. The van der Waals surface area contributed by atoms with Crippen molar-refractivity contribution in [1.29, 1.82) is 5.26 Å². The minimum Gasteiger partial charge on any atom is -0.486 e. The SMILES string of the molecule is N#Cc1c(F)cccc1OC1CS(=O)(=O)CC1N. The van der Waals surface area contributed by atoms with Gasteiger partial charge in [-0.25, -0.2) is 12.8 Å². The van der Waals surface area contributed by atoms with Crippen LogP contribution in [0.2, 0.25) is 0 Å². The zero-order valence-electron chi connectivity index (χ0n) is 9.34. The molecular weight excluding hydrogens is 259 g/mol. The Kier molecular flexibility index (Phi) is 3.24. The van der Waals surface area contributed by atoms with Gasteiger partial charge in [-0.1, -0.05) is 6.07 Å². The Balaban J connectivity index is 2.26. The second kappa shape index (κ2) is 4.55. The first-order valence-corrected chi connectivity index (χ1v) is 7.06. The summed E-state index contributed by atoms with van der Waals surface area (Å²) in [6.45, 7) is 0. The van der Waals surface area contributed by atoms with E-state index in [4.69, 9.17) is 15.7 Å². The largest absolute Gasteiger partial charge is 0.486 e. The average molecular weight is 270 g/mol. The summed E-state index contributed by atoms with van der Waals surface area (Å²) in [5, 5.41) is 8.82. The number of ether oxygens (including phenoxy) is 1. The summed E-state index contributed by atoms with van der Waals surface area (Å²) in [6, 6.07) is 4.96. The first-order chi connectivity index (χ1) is 8.43. The van der Waals surface area contributed by atoms with E-state index in [1.807, 2.05) is 0 Å². The number of sulfone groups is 1. The molecule has 2 atom stereocenters.